The molecule has 0 aliphatic heterocycles. The van der Waals surface area contributed by atoms with Gasteiger partial charge in [0.15, 0.2) is 5.82 Å². The van der Waals surface area contributed by atoms with E-state index in [0.29, 0.717) is 17.2 Å². The van der Waals surface area contributed by atoms with Gasteiger partial charge in [0.05, 0.1) is 5.52 Å². The van der Waals surface area contributed by atoms with Crippen LogP contribution < -0.4 is 5.32 Å². The summed E-state index contributed by atoms with van der Waals surface area (Å²) in [5.41, 5.74) is 2.97. The molecule has 0 aliphatic carbocycles. The molecule has 26 heavy (non-hydrogen) atoms. The summed E-state index contributed by atoms with van der Waals surface area (Å²) in [7, 11) is 0. The lowest BCUT2D eigenvalue weighted by Gasteiger charge is -2.12. The summed E-state index contributed by atoms with van der Waals surface area (Å²) >= 11 is 3.49. The molecule has 0 bridgehead atoms. The van der Waals surface area contributed by atoms with Crippen molar-refractivity contribution in [3.8, 4) is 11.4 Å². The van der Waals surface area contributed by atoms with Gasteiger partial charge in [0.1, 0.15) is 11.6 Å². The SMILES string of the molecule is Cc1cc(Nc2nc(-c3cccnc3)nc3cc(Br)ccc23)ccc1F. The second-order valence-corrected chi connectivity index (χ2v) is 6.80. The van der Waals surface area contributed by atoms with E-state index >= 15 is 0 Å². The van der Waals surface area contributed by atoms with E-state index in [1.165, 1.54) is 6.07 Å². The average Bonchev–Trinajstić information content (AvgIpc) is 2.65. The normalized spacial score (nSPS) is 10.9. The Kier molecular flexibility index (Phi) is 4.34. The molecule has 0 unspecified atom stereocenters. The Bertz CT molecular complexity index is 1100. The second-order valence-electron chi connectivity index (χ2n) is 5.89. The van der Waals surface area contributed by atoms with Crippen molar-refractivity contribution in [2.45, 2.75) is 6.92 Å². The Balaban J connectivity index is 1.87. The second kappa shape index (κ2) is 6.80. The van der Waals surface area contributed by atoms with Gasteiger partial charge in [0.2, 0.25) is 0 Å². The van der Waals surface area contributed by atoms with E-state index in [9.17, 15) is 4.39 Å². The van der Waals surface area contributed by atoms with Crippen molar-refractivity contribution in [3.63, 3.8) is 0 Å². The van der Waals surface area contributed by atoms with Crippen LogP contribution in [0.2, 0.25) is 0 Å². The van der Waals surface area contributed by atoms with E-state index in [0.717, 1.165) is 26.6 Å². The Morgan fingerprint density at radius 2 is 1.92 bits per heavy atom. The van der Waals surface area contributed by atoms with Gasteiger partial charge in [-0.2, -0.15) is 0 Å². The van der Waals surface area contributed by atoms with Crippen molar-refractivity contribution in [2.75, 3.05) is 5.32 Å². The predicted molar refractivity (Wildman–Crippen MR) is 105 cm³/mol. The minimum atomic E-state index is -0.233. The number of benzene rings is 2. The number of aromatic nitrogens is 3. The first-order valence-corrected chi connectivity index (χ1v) is 8.80. The van der Waals surface area contributed by atoms with Gasteiger partial charge in [-0.1, -0.05) is 15.9 Å². The minimum Gasteiger partial charge on any atom is -0.340 e. The number of anilines is 2. The summed E-state index contributed by atoms with van der Waals surface area (Å²) in [6.45, 7) is 1.73. The van der Waals surface area contributed by atoms with Crippen LogP contribution in [0, 0.1) is 12.7 Å². The number of pyridine rings is 1. The maximum Gasteiger partial charge on any atom is 0.163 e. The van der Waals surface area contributed by atoms with Crippen molar-refractivity contribution in [1.82, 2.24) is 15.0 Å². The highest BCUT2D eigenvalue weighted by Gasteiger charge is 2.11. The highest BCUT2D eigenvalue weighted by Crippen LogP contribution is 2.29. The summed E-state index contributed by atoms with van der Waals surface area (Å²) < 4.78 is 14.5. The van der Waals surface area contributed by atoms with Gasteiger partial charge in [0, 0.05) is 33.5 Å². The lowest BCUT2D eigenvalue weighted by Crippen LogP contribution is -2.00. The monoisotopic (exact) mass is 408 g/mol. The van der Waals surface area contributed by atoms with Crippen LogP contribution in [-0.4, -0.2) is 15.0 Å². The number of nitrogens with one attached hydrogen (secondary N) is 1. The third-order valence-electron chi connectivity index (χ3n) is 4.00. The number of nitrogens with zero attached hydrogens (tertiary/aromatic N) is 3. The Labute approximate surface area is 158 Å². The zero-order chi connectivity index (χ0) is 18.1. The molecule has 0 spiro atoms. The van der Waals surface area contributed by atoms with Crippen LogP contribution in [0.4, 0.5) is 15.9 Å². The summed E-state index contributed by atoms with van der Waals surface area (Å²) in [4.78, 5) is 13.5. The number of hydrogen-bond acceptors (Lipinski definition) is 4. The fourth-order valence-corrected chi connectivity index (χ4v) is 3.03. The van der Waals surface area contributed by atoms with Gasteiger partial charge in [-0.05, 0) is 61.0 Å². The topological polar surface area (TPSA) is 50.7 Å². The maximum atomic E-state index is 13.6. The molecule has 0 aliphatic rings. The molecule has 2 aromatic heterocycles. The van der Waals surface area contributed by atoms with Crippen molar-refractivity contribution in [1.29, 1.82) is 0 Å². The molecule has 2 heterocycles. The highest BCUT2D eigenvalue weighted by molar-refractivity contribution is 9.10. The summed E-state index contributed by atoms with van der Waals surface area (Å²) in [5, 5.41) is 4.17. The van der Waals surface area contributed by atoms with Gasteiger partial charge < -0.3 is 5.32 Å². The number of halogens is 2. The molecule has 6 heteroatoms. The molecule has 128 valence electrons. The van der Waals surface area contributed by atoms with E-state index in [1.54, 1.807) is 31.5 Å². The van der Waals surface area contributed by atoms with Crippen molar-refractivity contribution in [2.24, 2.45) is 0 Å². The third-order valence-corrected chi connectivity index (χ3v) is 4.49. The smallest absolute Gasteiger partial charge is 0.163 e. The summed E-state index contributed by atoms with van der Waals surface area (Å²) in [5.74, 6) is 1.00. The number of hydrogen-bond donors (Lipinski definition) is 1. The van der Waals surface area contributed by atoms with Gasteiger partial charge in [-0.25, -0.2) is 14.4 Å². The van der Waals surface area contributed by atoms with Crippen LogP contribution >= 0.6 is 15.9 Å². The highest BCUT2D eigenvalue weighted by atomic mass is 79.9. The summed E-state index contributed by atoms with van der Waals surface area (Å²) in [6, 6.07) is 14.5. The third kappa shape index (κ3) is 3.28. The molecular formula is C20H14BrFN4. The molecule has 0 fully saturated rings. The van der Waals surface area contributed by atoms with Crippen molar-refractivity contribution in [3.05, 3.63) is 76.8 Å². The molecule has 0 atom stereocenters. The van der Waals surface area contributed by atoms with Crippen LogP contribution in [0.3, 0.4) is 0 Å². The molecule has 1 N–H and O–H groups in total. The largest absolute Gasteiger partial charge is 0.340 e. The fraction of sp³-hybridized carbons (Fsp3) is 0.0500. The van der Waals surface area contributed by atoms with Crippen molar-refractivity contribution >= 4 is 38.3 Å². The van der Waals surface area contributed by atoms with Crippen LogP contribution in [-0.2, 0) is 0 Å². The quantitative estimate of drug-likeness (QED) is 0.476. The van der Waals surface area contributed by atoms with E-state index in [-0.39, 0.29) is 5.82 Å². The van der Waals surface area contributed by atoms with Gasteiger partial charge >= 0.3 is 0 Å². The van der Waals surface area contributed by atoms with Gasteiger partial charge in [-0.3, -0.25) is 4.98 Å². The van der Waals surface area contributed by atoms with Crippen molar-refractivity contribution < 1.29 is 4.39 Å². The molecule has 4 aromatic rings. The van der Waals surface area contributed by atoms with Crippen LogP contribution in [0.1, 0.15) is 5.56 Å². The summed E-state index contributed by atoms with van der Waals surface area (Å²) in [6.07, 6.45) is 3.44. The fourth-order valence-electron chi connectivity index (χ4n) is 2.68. The molecule has 4 nitrogen and oxygen atoms in total. The van der Waals surface area contributed by atoms with Crippen LogP contribution in [0.15, 0.2) is 65.4 Å². The number of aryl methyl sites for hydroxylation is 1. The van der Waals surface area contributed by atoms with Gasteiger partial charge in [-0.15, -0.1) is 0 Å². The molecule has 0 radical (unpaired) electrons. The Hall–Kier alpha value is -2.86. The molecule has 4 rings (SSSR count). The van der Waals surface area contributed by atoms with E-state index in [4.69, 9.17) is 0 Å². The lowest BCUT2D eigenvalue weighted by atomic mass is 10.2. The first kappa shape index (κ1) is 16.6. The Morgan fingerprint density at radius 3 is 2.69 bits per heavy atom. The van der Waals surface area contributed by atoms with E-state index in [2.05, 4.69) is 36.2 Å². The molecule has 2 aromatic carbocycles. The van der Waals surface area contributed by atoms with E-state index in [1.807, 2.05) is 30.3 Å². The average molecular weight is 409 g/mol. The minimum absolute atomic E-state index is 0.233. The predicted octanol–water partition coefficient (Wildman–Crippen LogP) is 5.65. The lowest BCUT2D eigenvalue weighted by molar-refractivity contribution is 0.619. The first-order valence-electron chi connectivity index (χ1n) is 8.01. The first-order chi connectivity index (χ1) is 12.6. The molecule has 0 saturated carbocycles. The Morgan fingerprint density at radius 1 is 1.04 bits per heavy atom. The number of rotatable bonds is 3. The zero-order valence-corrected chi connectivity index (χ0v) is 15.5. The molecular weight excluding hydrogens is 395 g/mol. The van der Waals surface area contributed by atoms with Crippen LogP contribution in [0.25, 0.3) is 22.3 Å². The van der Waals surface area contributed by atoms with E-state index < -0.39 is 0 Å². The maximum absolute atomic E-state index is 13.6. The molecule has 0 amide bonds. The number of fused-ring (bicyclic) bond motifs is 1. The standard InChI is InChI=1S/C20H14BrFN4/c1-12-9-15(5-7-17(12)22)24-20-16-6-4-14(21)10-18(16)25-19(26-20)13-3-2-8-23-11-13/h2-11H,1H3,(H,24,25,26). The molecule has 0 saturated heterocycles. The van der Waals surface area contributed by atoms with Crippen LogP contribution in [0.5, 0.6) is 0 Å². The van der Waals surface area contributed by atoms with Gasteiger partial charge in [0.25, 0.3) is 0 Å². The zero-order valence-electron chi connectivity index (χ0n) is 13.9.